The lowest BCUT2D eigenvalue weighted by Gasteiger charge is -2.01. The molecular formula is C17H13N7. The van der Waals surface area contributed by atoms with Gasteiger partial charge in [0.2, 0.25) is 0 Å². The van der Waals surface area contributed by atoms with Crippen molar-refractivity contribution in [2.24, 2.45) is 7.05 Å². The van der Waals surface area contributed by atoms with Gasteiger partial charge in [0.1, 0.15) is 12.0 Å². The third-order valence-electron chi connectivity index (χ3n) is 4.13. The molecule has 7 nitrogen and oxygen atoms in total. The maximum absolute atomic E-state index is 4.72. The van der Waals surface area contributed by atoms with Crippen LogP contribution in [0.4, 0.5) is 0 Å². The predicted octanol–water partition coefficient (Wildman–Crippen LogP) is 2.67. The van der Waals surface area contributed by atoms with E-state index in [0.717, 1.165) is 39.1 Å². The van der Waals surface area contributed by atoms with Crippen LogP contribution in [0.15, 0.2) is 55.4 Å². The van der Waals surface area contributed by atoms with Gasteiger partial charge in [-0.1, -0.05) is 0 Å². The van der Waals surface area contributed by atoms with Gasteiger partial charge in [0.25, 0.3) is 0 Å². The molecule has 0 aliphatic carbocycles. The largest absolute Gasteiger partial charge is 0.345 e. The number of hydrogen-bond donors (Lipinski definition) is 1. The van der Waals surface area contributed by atoms with E-state index in [-0.39, 0.29) is 0 Å². The number of hydrogen-bond acceptors (Lipinski definition) is 4. The fraction of sp³-hybridized carbons (Fsp3) is 0.0588. The molecule has 0 saturated heterocycles. The summed E-state index contributed by atoms with van der Waals surface area (Å²) in [5.74, 6) is 0. The van der Waals surface area contributed by atoms with Crippen LogP contribution >= 0.6 is 0 Å². The first-order valence-corrected chi connectivity index (χ1v) is 7.55. The summed E-state index contributed by atoms with van der Waals surface area (Å²) in [6, 6.07) is 8.15. The van der Waals surface area contributed by atoms with Gasteiger partial charge in [0.15, 0.2) is 5.65 Å². The first-order valence-electron chi connectivity index (χ1n) is 7.55. The van der Waals surface area contributed by atoms with Gasteiger partial charge in [0, 0.05) is 42.2 Å². The Morgan fingerprint density at radius 1 is 1.08 bits per heavy atom. The van der Waals surface area contributed by atoms with Crippen molar-refractivity contribution in [3.8, 4) is 22.4 Å². The Morgan fingerprint density at radius 3 is 2.92 bits per heavy atom. The van der Waals surface area contributed by atoms with E-state index in [1.54, 1.807) is 15.5 Å². The van der Waals surface area contributed by atoms with Crippen molar-refractivity contribution in [1.29, 1.82) is 0 Å². The lowest BCUT2D eigenvalue weighted by atomic mass is 10.1. The molecule has 0 amide bonds. The summed E-state index contributed by atoms with van der Waals surface area (Å²) in [4.78, 5) is 12.2. The molecule has 0 saturated carbocycles. The second-order valence-corrected chi connectivity index (χ2v) is 5.68. The van der Waals surface area contributed by atoms with Crippen molar-refractivity contribution in [2.45, 2.75) is 0 Å². The zero-order valence-corrected chi connectivity index (χ0v) is 12.9. The lowest BCUT2D eigenvalue weighted by Crippen LogP contribution is -1.87. The standard InChI is InChI=1S/C17H13N7/c1-23-9-12(7-20-23)15-3-2-13-14(8-18-17(13)22-15)11-4-5-24-16(6-11)19-10-21-24/h2-10H,1H3,(H,18,22). The third kappa shape index (κ3) is 1.91. The quantitative estimate of drug-likeness (QED) is 0.543. The number of rotatable bonds is 2. The lowest BCUT2D eigenvalue weighted by molar-refractivity contribution is 0.768. The normalized spacial score (nSPS) is 11.5. The SMILES string of the molecule is Cn1cc(-c2ccc3c(-c4ccn5ncnc5c4)c[nH]c3n2)cn1. The second-order valence-electron chi connectivity index (χ2n) is 5.68. The van der Waals surface area contributed by atoms with Crippen molar-refractivity contribution in [1.82, 2.24) is 34.3 Å². The molecule has 24 heavy (non-hydrogen) atoms. The highest BCUT2D eigenvalue weighted by molar-refractivity contribution is 5.95. The monoisotopic (exact) mass is 315 g/mol. The van der Waals surface area contributed by atoms with Crippen LogP contribution in [0.2, 0.25) is 0 Å². The Kier molecular flexibility index (Phi) is 2.58. The molecule has 5 aromatic rings. The molecule has 1 N–H and O–H groups in total. The fourth-order valence-corrected chi connectivity index (χ4v) is 2.94. The molecule has 0 bridgehead atoms. The van der Waals surface area contributed by atoms with Crippen molar-refractivity contribution >= 4 is 16.7 Å². The van der Waals surface area contributed by atoms with Gasteiger partial charge in [0.05, 0.1) is 11.9 Å². The average Bonchev–Trinajstić information content (AvgIpc) is 3.32. The van der Waals surface area contributed by atoms with E-state index >= 15 is 0 Å². The molecule has 0 fully saturated rings. The summed E-state index contributed by atoms with van der Waals surface area (Å²) in [5.41, 5.74) is 5.75. The summed E-state index contributed by atoms with van der Waals surface area (Å²) < 4.78 is 3.52. The maximum atomic E-state index is 4.72. The highest BCUT2D eigenvalue weighted by atomic mass is 15.3. The number of nitrogens with one attached hydrogen (secondary N) is 1. The van der Waals surface area contributed by atoms with Crippen molar-refractivity contribution in [3.63, 3.8) is 0 Å². The van der Waals surface area contributed by atoms with Gasteiger partial charge in [-0.15, -0.1) is 0 Å². The average molecular weight is 315 g/mol. The number of aryl methyl sites for hydroxylation is 1. The molecule has 0 aliphatic rings. The van der Waals surface area contributed by atoms with Crippen LogP contribution in [0.25, 0.3) is 39.1 Å². The number of H-pyrrole nitrogens is 1. The van der Waals surface area contributed by atoms with Gasteiger partial charge >= 0.3 is 0 Å². The zero-order chi connectivity index (χ0) is 16.1. The minimum absolute atomic E-state index is 0.821. The minimum atomic E-state index is 0.821. The minimum Gasteiger partial charge on any atom is -0.345 e. The highest BCUT2D eigenvalue weighted by Crippen LogP contribution is 2.30. The van der Waals surface area contributed by atoms with E-state index in [0.29, 0.717) is 0 Å². The third-order valence-corrected chi connectivity index (χ3v) is 4.13. The number of aromatic nitrogens is 7. The molecule has 0 spiro atoms. The molecule has 5 heterocycles. The molecule has 0 unspecified atom stereocenters. The van der Waals surface area contributed by atoms with Crippen LogP contribution in [0.5, 0.6) is 0 Å². The van der Waals surface area contributed by atoms with Crippen molar-refractivity contribution in [3.05, 3.63) is 55.4 Å². The van der Waals surface area contributed by atoms with E-state index in [4.69, 9.17) is 4.98 Å². The number of pyridine rings is 2. The summed E-state index contributed by atoms with van der Waals surface area (Å²) in [6.45, 7) is 0. The molecule has 0 aromatic carbocycles. The van der Waals surface area contributed by atoms with Crippen LogP contribution < -0.4 is 0 Å². The maximum Gasteiger partial charge on any atom is 0.155 e. The Labute approximate surface area is 136 Å². The van der Waals surface area contributed by atoms with E-state index in [2.05, 4.69) is 26.2 Å². The first-order chi connectivity index (χ1) is 11.8. The number of fused-ring (bicyclic) bond motifs is 2. The first kappa shape index (κ1) is 13.0. The van der Waals surface area contributed by atoms with Gasteiger partial charge in [-0.2, -0.15) is 10.2 Å². The summed E-state index contributed by atoms with van der Waals surface area (Å²) in [5, 5.41) is 9.40. The van der Waals surface area contributed by atoms with Crippen LogP contribution in [-0.4, -0.2) is 34.3 Å². The molecule has 116 valence electrons. The molecule has 0 atom stereocenters. The summed E-state index contributed by atoms with van der Waals surface area (Å²) in [7, 11) is 1.90. The van der Waals surface area contributed by atoms with E-state index in [1.807, 2.05) is 50.0 Å². The van der Waals surface area contributed by atoms with Gasteiger partial charge in [-0.05, 0) is 29.8 Å². The summed E-state index contributed by atoms with van der Waals surface area (Å²) in [6.07, 6.45) is 9.21. The zero-order valence-electron chi connectivity index (χ0n) is 12.9. The van der Waals surface area contributed by atoms with Gasteiger partial charge in [-0.25, -0.2) is 14.5 Å². The predicted molar refractivity (Wildman–Crippen MR) is 90.3 cm³/mol. The van der Waals surface area contributed by atoms with E-state index in [1.165, 1.54) is 0 Å². The Bertz CT molecular complexity index is 1180. The van der Waals surface area contributed by atoms with E-state index in [9.17, 15) is 0 Å². The Morgan fingerprint density at radius 2 is 2.04 bits per heavy atom. The fourth-order valence-electron chi connectivity index (χ4n) is 2.94. The van der Waals surface area contributed by atoms with Crippen molar-refractivity contribution in [2.75, 3.05) is 0 Å². The second kappa shape index (κ2) is 4.76. The molecule has 7 heteroatoms. The topological polar surface area (TPSA) is 76.7 Å². The van der Waals surface area contributed by atoms with Gasteiger partial charge < -0.3 is 4.98 Å². The highest BCUT2D eigenvalue weighted by Gasteiger charge is 2.10. The molecule has 0 aliphatic heterocycles. The van der Waals surface area contributed by atoms with Crippen LogP contribution in [-0.2, 0) is 7.05 Å². The molecule has 5 rings (SSSR count). The Hall–Kier alpha value is -3.48. The van der Waals surface area contributed by atoms with Gasteiger partial charge in [-0.3, -0.25) is 4.68 Å². The van der Waals surface area contributed by atoms with Crippen LogP contribution in [0, 0.1) is 0 Å². The smallest absolute Gasteiger partial charge is 0.155 e. The number of aromatic amines is 1. The van der Waals surface area contributed by atoms with Crippen molar-refractivity contribution < 1.29 is 0 Å². The van der Waals surface area contributed by atoms with Crippen LogP contribution in [0.1, 0.15) is 0 Å². The van der Waals surface area contributed by atoms with E-state index < -0.39 is 0 Å². The van der Waals surface area contributed by atoms with Crippen LogP contribution in [0.3, 0.4) is 0 Å². The molecule has 0 radical (unpaired) electrons. The molecular weight excluding hydrogens is 302 g/mol. The molecule has 5 aromatic heterocycles. The Balaban J connectivity index is 1.64. The summed E-state index contributed by atoms with van der Waals surface area (Å²) >= 11 is 0. The number of nitrogens with zero attached hydrogens (tertiary/aromatic N) is 6.